The molecular weight excluding hydrogens is 380 g/mol. The standard InChI is InChI=1S/C23H34N4OS/c1-4-24-23(25-14-11-18(2)19-7-9-21(28-3)10-8-19)26-20-12-15-27(16-13-20)22-6-5-17-29-22/h5-10,17-18,20H,4,11-16H2,1-3H3,(H2,24,25,26). The molecular formula is C23H34N4OS. The summed E-state index contributed by atoms with van der Waals surface area (Å²) in [5.41, 5.74) is 1.33. The highest BCUT2D eigenvalue weighted by Gasteiger charge is 2.20. The van der Waals surface area contributed by atoms with Crippen LogP contribution in [0.25, 0.3) is 0 Å². The van der Waals surface area contributed by atoms with Crippen LogP contribution in [0.3, 0.4) is 0 Å². The number of hydrogen-bond acceptors (Lipinski definition) is 4. The molecule has 1 saturated heterocycles. The fourth-order valence-corrected chi connectivity index (χ4v) is 4.46. The normalized spacial score (nSPS) is 16.5. The summed E-state index contributed by atoms with van der Waals surface area (Å²) < 4.78 is 5.25. The first-order chi connectivity index (χ1) is 14.2. The topological polar surface area (TPSA) is 48.9 Å². The van der Waals surface area contributed by atoms with Gasteiger partial charge in [0.15, 0.2) is 5.96 Å². The molecule has 158 valence electrons. The number of rotatable bonds is 8. The number of methoxy groups -OCH3 is 1. The van der Waals surface area contributed by atoms with E-state index < -0.39 is 0 Å². The number of thiophene rings is 1. The van der Waals surface area contributed by atoms with Gasteiger partial charge in [-0.1, -0.05) is 19.1 Å². The maximum atomic E-state index is 5.25. The lowest BCUT2D eigenvalue weighted by molar-refractivity contribution is 0.414. The molecule has 29 heavy (non-hydrogen) atoms. The number of ether oxygens (including phenoxy) is 1. The fraction of sp³-hybridized carbons (Fsp3) is 0.522. The minimum absolute atomic E-state index is 0.474. The average Bonchev–Trinajstić information content (AvgIpc) is 3.29. The highest BCUT2D eigenvalue weighted by Crippen LogP contribution is 2.25. The van der Waals surface area contributed by atoms with Crippen molar-refractivity contribution < 1.29 is 4.74 Å². The molecule has 1 atom stereocenters. The molecule has 0 saturated carbocycles. The lowest BCUT2D eigenvalue weighted by Gasteiger charge is -2.33. The molecule has 1 aromatic carbocycles. The molecule has 0 aliphatic carbocycles. The van der Waals surface area contributed by atoms with Gasteiger partial charge in [0.1, 0.15) is 5.75 Å². The van der Waals surface area contributed by atoms with E-state index in [2.05, 4.69) is 59.0 Å². The molecule has 1 aliphatic rings. The zero-order valence-corrected chi connectivity index (χ0v) is 18.7. The third-order valence-corrected chi connectivity index (χ3v) is 6.44. The lowest BCUT2D eigenvalue weighted by Crippen LogP contribution is -2.48. The van der Waals surface area contributed by atoms with Crippen molar-refractivity contribution in [1.82, 2.24) is 10.6 Å². The van der Waals surface area contributed by atoms with E-state index in [1.807, 2.05) is 23.5 Å². The van der Waals surface area contributed by atoms with Crippen LogP contribution in [0.4, 0.5) is 5.00 Å². The SMILES string of the molecule is CCNC(=NCCC(C)c1ccc(OC)cc1)NC1CCN(c2cccs2)CC1. The summed E-state index contributed by atoms with van der Waals surface area (Å²) in [4.78, 5) is 7.32. The summed E-state index contributed by atoms with van der Waals surface area (Å²) in [7, 11) is 1.70. The van der Waals surface area contributed by atoms with Crippen molar-refractivity contribution in [2.75, 3.05) is 38.2 Å². The van der Waals surface area contributed by atoms with Crippen molar-refractivity contribution in [2.45, 2.75) is 45.1 Å². The average molecular weight is 415 g/mol. The maximum Gasteiger partial charge on any atom is 0.191 e. The second-order valence-corrected chi connectivity index (χ2v) is 8.51. The van der Waals surface area contributed by atoms with Gasteiger partial charge in [-0.2, -0.15) is 0 Å². The van der Waals surface area contributed by atoms with Crippen molar-refractivity contribution in [3.63, 3.8) is 0 Å². The summed E-state index contributed by atoms with van der Waals surface area (Å²) in [6, 6.07) is 13.2. The van der Waals surface area contributed by atoms with E-state index in [0.29, 0.717) is 12.0 Å². The molecule has 6 heteroatoms. The summed E-state index contributed by atoms with van der Waals surface area (Å²) in [5, 5.41) is 10.6. The molecule has 5 nitrogen and oxygen atoms in total. The van der Waals surface area contributed by atoms with Crippen LogP contribution in [0.15, 0.2) is 46.8 Å². The maximum absolute atomic E-state index is 5.25. The number of nitrogens with one attached hydrogen (secondary N) is 2. The fourth-order valence-electron chi connectivity index (χ4n) is 3.68. The number of guanidine groups is 1. The number of piperidine rings is 1. The minimum Gasteiger partial charge on any atom is -0.497 e. The molecule has 2 N–H and O–H groups in total. The zero-order valence-electron chi connectivity index (χ0n) is 17.9. The van der Waals surface area contributed by atoms with E-state index in [0.717, 1.165) is 57.2 Å². The van der Waals surface area contributed by atoms with E-state index in [4.69, 9.17) is 9.73 Å². The Morgan fingerprint density at radius 3 is 2.62 bits per heavy atom. The number of nitrogens with zero attached hydrogens (tertiary/aromatic N) is 2. The van der Waals surface area contributed by atoms with Crippen LogP contribution in [0, 0.1) is 0 Å². The number of anilines is 1. The van der Waals surface area contributed by atoms with Crippen LogP contribution < -0.4 is 20.3 Å². The van der Waals surface area contributed by atoms with Crippen molar-refractivity contribution in [3.8, 4) is 5.75 Å². The Kier molecular flexibility index (Phi) is 8.23. The van der Waals surface area contributed by atoms with Crippen molar-refractivity contribution in [3.05, 3.63) is 47.3 Å². The Morgan fingerprint density at radius 1 is 1.24 bits per heavy atom. The van der Waals surface area contributed by atoms with E-state index in [9.17, 15) is 0 Å². The van der Waals surface area contributed by atoms with Gasteiger partial charge in [0, 0.05) is 32.2 Å². The van der Waals surface area contributed by atoms with Crippen LogP contribution >= 0.6 is 11.3 Å². The Bertz CT molecular complexity index is 737. The van der Waals surface area contributed by atoms with Crippen molar-refractivity contribution in [1.29, 1.82) is 0 Å². The van der Waals surface area contributed by atoms with Gasteiger partial charge in [-0.05, 0) is 67.3 Å². The number of hydrogen-bond donors (Lipinski definition) is 2. The molecule has 0 radical (unpaired) electrons. The van der Waals surface area contributed by atoms with E-state index >= 15 is 0 Å². The molecule has 1 aromatic heterocycles. The molecule has 1 fully saturated rings. The monoisotopic (exact) mass is 414 g/mol. The Hall–Kier alpha value is -2.21. The van der Waals surface area contributed by atoms with Crippen LogP contribution in [0.2, 0.25) is 0 Å². The van der Waals surface area contributed by atoms with Crippen LogP contribution in [-0.2, 0) is 0 Å². The third kappa shape index (κ3) is 6.39. The first-order valence-corrected chi connectivity index (χ1v) is 11.5. The quantitative estimate of drug-likeness (QED) is 0.494. The van der Waals surface area contributed by atoms with Gasteiger partial charge in [0.25, 0.3) is 0 Å². The van der Waals surface area contributed by atoms with Gasteiger partial charge in [-0.15, -0.1) is 11.3 Å². The molecule has 2 aromatic rings. The summed E-state index contributed by atoms with van der Waals surface area (Å²) in [6.45, 7) is 8.29. The van der Waals surface area contributed by atoms with Crippen LogP contribution in [0.5, 0.6) is 5.75 Å². The van der Waals surface area contributed by atoms with Gasteiger partial charge in [-0.25, -0.2) is 0 Å². The molecule has 0 spiro atoms. The first-order valence-electron chi connectivity index (χ1n) is 10.7. The third-order valence-electron chi connectivity index (χ3n) is 5.51. The Balaban J connectivity index is 1.46. The van der Waals surface area contributed by atoms with E-state index in [1.165, 1.54) is 10.6 Å². The predicted molar refractivity (Wildman–Crippen MR) is 125 cm³/mol. The molecule has 1 aliphatic heterocycles. The van der Waals surface area contributed by atoms with E-state index in [1.54, 1.807) is 7.11 Å². The molecule has 3 rings (SSSR count). The summed E-state index contributed by atoms with van der Waals surface area (Å²) in [5.74, 6) is 2.33. The van der Waals surface area contributed by atoms with Crippen molar-refractivity contribution >= 4 is 22.3 Å². The summed E-state index contributed by atoms with van der Waals surface area (Å²) >= 11 is 1.83. The van der Waals surface area contributed by atoms with Gasteiger partial charge in [-0.3, -0.25) is 4.99 Å². The van der Waals surface area contributed by atoms with Gasteiger partial charge < -0.3 is 20.3 Å². The second kappa shape index (κ2) is 11.1. The smallest absolute Gasteiger partial charge is 0.191 e. The van der Waals surface area contributed by atoms with E-state index in [-0.39, 0.29) is 0 Å². The highest BCUT2D eigenvalue weighted by molar-refractivity contribution is 7.14. The van der Waals surface area contributed by atoms with Gasteiger partial charge in [0.05, 0.1) is 12.1 Å². The first kappa shape index (κ1) is 21.5. The zero-order chi connectivity index (χ0) is 20.5. The molecule has 2 heterocycles. The second-order valence-electron chi connectivity index (χ2n) is 7.58. The number of benzene rings is 1. The Labute approximate surface area is 179 Å². The van der Waals surface area contributed by atoms with Crippen molar-refractivity contribution in [2.24, 2.45) is 4.99 Å². The largest absolute Gasteiger partial charge is 0.497 e. The van der Waals surface area contributed by atoms with Gasteiger partial charge in [0.2, 0.25) is 0 Å². The lowest BCUT2D eigenvalue weighted by atomic mass is 9.98. The highest BCUT2D eigenvalue weighted by atomic mass is 32.1. The van der Waals surface area contributed by atoms with Crippen LogP contribution in [0.1, 0.15) is 44.6 Å². The number of aliphatic imine (C=N–C) groups is 1. The predicted octanol–water partition coefficient (Wildman–Crippen LogP) is 4.47. The van der Waals surface area contributed by atoms with Gasteiger partial charge >= 0.3 is 0 Å². The van der Waals surface area contributed by atoms with Crippen LogP contribution in [-0.4, -0.2) is 45.3 Å². The Morgan fingerprint density at radius 2 is 2.00 bits per heavy atom. The minimum atomic E-state index is 0.474. The molecule has 0 bridgehead atoms. The summed E-state index contributed by atoms with van der Waals surface area (Å²) in [6.07, 6.45) is 3.31. The molecule has 0 amide bonds. The molecule has 1 unspecified atom stereocenters.